The van der Waals surface area contributed by atoms with Crippen LogP contribution < -0.4 is 16.4 Å². The molecule has 4 N–H and O–H groups in total. The Balaban J connectivity index is 1.52. The number of hydrogen-bond acceptors (Lipinski definition) is 4. The highest BCUT2D eigenvalue weighted by molar-refractivity contribution is 5.97. The second-order valence-corrected chi connectivity index (χ2v) is 6.49. The van der Waals surface area contributed by atoms with Gasteiger partial charge in [0.2, 0.25) is 5.91 Å². The number of rotatable bonds is 5. The van der Waals surface area contributed by atoms with Crippen LogP contribution in [0.3, 0.4) is 0 Å². The van der Waals surface area contributed by atoms with Gasteiger partial charge in [0.1, 0.15) is 0 Å². The smallest absolute Gasteiger partial charge is 0.251 e. The molecule has 0 atom stereocenters. The topological polar surface area (TPSA) is 87.5 Å². The van der Waals surface area contributed by atoms with Crippen LogP contribution in [0.1, 0.15) is 36.0 Å². The Morgan fingerprint density at radius 1 is 1.17 bits per heavy atom. The first kappa shape index (κ1) is 16.0. The molecule has 2 fully saturated rings. The Bertz CT molecular complexity index is 578. The number of carbonyl (C=O) groups excluding carboxylic acids is 2. The predicted octanol–water partition coefficient (Wildman–Crippen LogP) is 0.940. The van der Waals surface area contributed by atoms with Crippen LogP contribution in [0.25, 0.3) is 0 Å². The quantitative estimate of drug-likeness (QED) is 0.754. The molecule has 1 heterocycles. The summed E-state index contributed by atoms with van der Waals surface area (Å²) < 4.78 is 0. The summed E-state index contributed by atoms with van der Waals surface area (Å²) in [5.74, 6) is -0.131. The van der Waals surface area contributed by atoms with E-state index in [0.29, 0.717) is 23.8 Å². The molecular weight excluding hydrogens is 292 g/mol. The average Bonchev–Trinajstić information content (AvgIpc) is 3.34. The number of amides is 2. The molecule has 1 aromatic carbocycles. The fourth-order valence-electron chi connectivity index (χ4n) is 2.75. The summed E-state index contributed by atoms with van der Waals surface area (Å²) in [6.45, 7) is 2.09. The van der Waals surface area contributed by atoms with Crippen LogP contribution in [-0.4, -0.2) is 48.4 Å². The van der Waals surface area contributed by atoms with E-state index in [2.05, 4.69) is 15.5 Å². The van der Waals surface area contributed by atoms with E-state index in [1.165, 1.54) is 0 Å². The minimum Gasteiger partial charge on any atom is -0.349 e. The van der Waals surface area contributed by atoms with Crippen molar-refractivity contribution in [3.8, 4) is 0 Å². The molecule has 1 saturated heterocycles. The summed E-state index contributed by atoms with van der Waals surface area (Å²) >= 11 is 0. The van der Waals surface area contributed by atoms with Gasteiger partial charge in [-0.25, -0.2) is 0 Å². The van der Waals surface area contributed by atoms with Crippen molar-refractivity contribution in [3.05, 3.63) is 29.8 Å². The Kier molecular flexibility index (Phi) is 4.93. The second-order valence-electron chi connectivity index (χ2n) is 6.49. The highest BCUT2D eigenvalue weighted by atomic mass is 16.2. The summed E-state index contributed by atoms with van der Waals surface area (Å²) in [4.78, 5) is 26.3. The van der Waals surface area contributed by atoms with Crippen molar-refractivity contribution in [3.63, 3.8) is 0 Å². The third-order valence-corrected chi connectivity index (χ3v) is 4.32. The molecule has 6 heteroatoms. The van der Waals surface area contributed by atoms with E-state index in [1.54, 1.807) is 24.3 Å². The van der Waals surface area contributed by atoms with Gasteiger partial charge in [0.05, 0.1) is 6.54 Å². The zero-order chi connectivity index (χ0) is 16.2. The molecule has 1 aromatic rings. The predicted molar refractivity (Wildman–Crippen MR) is 89.2 cm³/mol. The summed E-state index contributed by atoms with van der Waals surface area (Å²) in [5.41, 5.74) is 7.11. The molecule has 1 aliphatic heterocycles. The van der Waals surface area contributed by atoms with Crippen molar-refractivity contribution in [1.29, 1.82) is 0 Å². The summed E-state index contributed by atoms with van der Waals surface area (Å²) in [6, 6.07) is 7.67. The monoisotopic (exact) mass is 316 g/mol. The van der Waals surface area contributed by atoms with Gasteiger partial charge >= 0.3 is 0 Å². The zero-order valence-electron chi connectivity index (χ0n) is 13.3. The van der Waals surface area contributed by atoms with Crippen LogP contribution in [-0.2, 0) is 4.79 Å². The van der Waals surface area contributed by atoms with Crippen molar-refractivity contribution >= 4 is 17.5 Å². The lowest BCUT2D eigenvalue weighted by atomic mass is 10.1. The van der Waals surface area contributed by atoms with Gasteiger partial charge in [-0.3, -0.25) is 14.5 Å². The molecular formula is C17H24N4O2. The average molecular weight is 316 g/mol. The molecule has 0 unspecified atom stereocenters. The van der Waals surface area contributed by atoms with E-state index in [1.807, 2.05) is 0 Å². The summed E-state index contributed by atoms with van der Waals surface area (Å²) in [7, 11) is 0. The van der Waals surface area contributed by atoms with E-state index in [0.717, 1.165) is 38.8 Å². The summed E-state index contributed by atoms with van der Waals surface area (Å²) in [5, 5.41) is 5.82. The first-order valence-corrected chi connectivity index (χ1v) is 8.29. The van der Waals surface area contributed by atoms with Gasteiger partial charge in [0, 0.05) is 36.4 Å². The van der Waals surface area contributed by atoms with Crippen LogP contribution in [0.4, 0.5) is 5.69 Å². The fraction of sp³-hybridized carbons (Fsp3) is 0.529. The van der Waals surface area contributed by atoms with Crippen molar-refractivity contribution in [2.45, 2.75) is 37.8 Å². The lowest BCUT2D eigenvalue weighted by Gasteiger charge is -2.29. The lowest BCUT2D eigenvalue weighted by molar-refractivity contribution is -0.117. The van der Waals surface area contributed by atoms with Crippen LogP contribution in [0.2, 0.25) is 0 Å². The number of nitrogens with one attached hydrogen (secondary N) is 2. The highest BCUT2D eigenvalue weighted by Crippen LogP contribution is 2.20. The third kappa shape index (κ3) is 4.77. The van der Waals surface area contributed by atoms with E-state index in [-0.39, 0.29) is 17.9 Å². The number of nitrogens with zero attached hydrogens (tertiary/aromatic N) is 1. The summed E-state index contributed by atoms with van der Waals surface area (Å²) in [6.07, 6.45) is 3.98. The molecule has 3 rings (SSSR count). The van der Waals surface area contributed by atoms with E-state index >= 15 is 0 Å². The standard InChI is InChI=1S/C17H24N4O2/c18-13-6-8-21(9-7-13)11-16(22)19-15-3-1-2-12(10-15)17(23)20-14-4-5-14/h1-3,10,13-14H,4-9,11,18H2,(H,19,22)(H,20,23). The first-order valence-electron chi connectivity index (χ1n) is 8.29. The molecule has 6 nitrogen and oxygen atoms in total. The number of anilines is 1. The van der Waals surface area contributed by atoms with Crippen molar-refractivity contribution in [1.82, 2.24) is 10.2 Å². The van der Waals surface area contributed by atoms with Crippen LogP contribution >= 0.6 is 0 Å². The minimum absolute atomic E-state index is 0.0553. The minimum atomic E-state index is -0.0754. The number of likely N-dealkylation sites (tertiary alicyclic amines) is 1. The Hall–Kier alpha value is -1.92. The normalized spacial score (nSPS) is 19.3. The molecule has 2 amide bonds. The molecule has 124 valence electrons. The van der Waals surface area contributed by atoms with Crippen LogP contribution in [0.15, 0.2) is 24.3 Å². The Morgan fingerprint density at radius 2 is 1.91 bits per heavy atom. The van der Waals surface area contributed by atoms with E-state index in [4.69, 9.17) is 5.73 Å². The van der Waals surface area contributed by atoms with E-state index in [9.17, 15) is 9.59 Å². The van der Waals surface area contributed by atoms with Gasteiger partial charge in [-0.15, -0.1) is 0 Å². The molecule has 1 aliphatic carbocycles. The molecule has 0 bridgehead atoms. The highest BCUT2D eigenvalue weighted by Gasteiger charge is 2.24. The van der Waals surface area contributed by atoms with Crippen molar-refractivity contribution < 1.29 is 9.59 Å². The van der Waals surface area contributed by atoms with Gasteiger partial charge in [-0.1, -0.05) is 6.07 Å². The largest absolute Gasteiger partial charge is 0.349 e. The SMILES string of the molecule is NC1CCN(CC(=O)Nc2cccc(C(=O)NC3CC3)c2)CC1. The van der Waals surface area contributed by atoms with Gasteiger partial charge in [-0.05, 0) is 43.9 Å². The van der Waals surface area contributed by atoms with Crippen LogP contribution in [0.5, 0.6) is 0 Å². The van der Waals surface area contributed by atoms with Crippen molar-refractivity contribution in [2.75, 3.05) is 25.0 Å². The number of nitrogens with two attached hydrogens (primary N) is 1. The van der Waals surface area contributed by atoms with Gasteiger partial charge in [-0.2, -0.15) is 0 Å². The maximum Gasteiger partial charge on any atom is 0.251 e. The molecule has 2 aliphatic rings. The number of hydrogen-bond donors (Lipinski definition) is 3. The molecule has 23 heavy (non-hydrogen) atoms. The lowest BCUT2D eigenvalue weighted by Crippen LogP contribution is -2.43. The van der Waals surface area contributed by atoms with Gasteiger partial charge < -0.3 is 16.4 Å². The number of benzene rings is 1. The molecule has 0 spiro atoms. The first-order chi connectivity index (χ1) is 11.1. The molecule has 0 radical (unpaired) electrons. The van der Waals surface area contributed by atoms with Gasteiger partial charge in [0.15, 0.2) is 0 Å². The Morgan fingerprint density at radius 3 is 2.61 bits per heavy atom. The maximum absolute atomic E-state index is 12.1. The zero-order valence-corrected chi connectivity index (χ0v) is 13.3. The van der Waals surface area contributed by atoms with Crippen LogP contribution in [0, 0.1) is 0 Å². The third-order valence-electron chi connectivity index (χ3n) is 4.32. The number of carbonyl (C=O) groups is 2. The van der Waals surface area contributed by atoms with Gasteiger partial charge in [0.25, 0.3) is 5.91 Å². The van der Waals surface area contributed by atoms with Crippen molar-refractivity contribution in [2.24, 2.45) is 5.73 Å². The second kappa shape index (κ2) is 7.10. The maximum atomic E-state index is 12.1. The number of piperidine rings is 1. The van der Waals surface area contributed by atoms with E-state index < -0.39 is 0 Å². The Labute approximate surface area is 136 Å². The fourth-order valence-corrected chi connectivity index (χ4v) is 2.75. The molecule has 1 saturated carbocycles. The molecule has 0 aromatic heterocycles.